The van der Waals surface area contributed by atoms with Crippen molar-refractivity contribution in [2.24, 2.45) is 5.73 Å². The molecule has 0 aliphatic heterocycles. The van der Waals surface area contributed by atoms with Crippen LogP contribution in [0.3, 0.4) is 0 Å². The third-order valence-corrected chi connectivity index (χ3v) is 1.59. The molecule has 0 radical (unpaired) electrons. The molecule has 0 spiro atoms. The largest absolute Gasteiger partial charge is 0.505 e. The van der Waals surface area contributed by atoms with Gasteiger partial charge in [-0.1, -0.05) is 6.07 Å². The van der Waals surface area contributed by atoms with Gasteiger partial charge in [-0.25, -0.2) is 0 Å². The van der Waals surface area contributed by atoms with Gasteiger partial charge in [-0.2, -0.15) is 4.39 Å². The summed E-state index contributed by atoms with van der Waals surface area (Å²) in [5.74, 6) is -2.05. The number of benzene rings is 1. The van der Waals surface area contributed by atoms with Gasteiger partial charge in [0.15, 0.2) is 11.5 Å². The lowest BCUT2D eigenvalue weighted by Gasteiger charge is -2.04. The second-order valence-corrected chi connectivity index (χ2v) is 2.45. The van der Waals surface area contributed by atoms with Crippen LogP contribution in [-0.2, 0) is 6.42 Å². The number of nitrogens with two attached hydrogens (primary N) is 1. The van der Waals surface area contributed by atoms with Gasteiger partial charge in [0.05, 0.1) is 0 Å². The third kappa shape index (κ3) is 1.48. The van der Waals surface area contributed by atoms with Crippen molar-refractivity contribution in [1.82, 2.24) is 0 Å². The van der Waals surface area contributed by atoms with E-state index >= 15 is 0 Å². The molecule has 1 rings (SSSR count). The van der Waals surface area contributed by atoms with Crippen molar-refractivity contribution in [3.8, 4) is 11.5 Å². The van der Waals surface area contributed by atoms with Crippen LogP contribution in [0.2, 0.25) is 0 Å². The number of aromatic hydroxyl groups is 2. The van der Waals surface area contributed by atoms with E-state index in [2.05, 4.69) is 0 Å². The fraction of sp³-hybridized carbons (Fsp3) is 0.250. The molecule has 0 unspecified atom stereocenters. The molecule has 0 saturated heterocycles. The zero-order valence-electron chi connectivity index (χ0n) is 6.42. The molecular weight excluding hydrogens is 161 g/mol. The molecule has 0 bridgehead atoms. The van der Waals surface area contributed by atoms with Crippen molar-refractivity contribution in [3.63, 3.8) is 0 Å². The van der Waals surface area contributed by atoms with E-state index < -0.39 is 17.3 Å². The Morgan fingerprint density at radius 3 is 2.58 bits per heavy atom. The highest BCUT2D eigenvalue weighted by Crippen LogP contribution is 2.28. The Hall–Kier alpha value is -1.29. The Balaban J connectivity index is 3.08. The summed E-state index contributed by atoms with van der Waals surface area (Å²) in [5.41, 5.74) is 5.63. The molecule has 4 heteroatoms. The van der Waals surface area contributed by atoms with E-state index in [1.807, 2.05) is 0 Å². The van der Waals surface area contributed by atoms with Crippen LogP contribution < -0.4 is 5.73 Å². The molecule has 0 amide bonds. The lowest BCUT2D eigenvalue weighted by Crippen LogP contribution is -2.03. The van der Waals surface area contributed by atoms with E-state index in [9.17, 15) is 4.39 Å². The van der Waals surface area contributed by atoms with Crippen molar-refractivity contribution in [1.29, 1.82) is 0 Å². The Bertz CT molecular complexity index is 289. The molecule has 1 aromatic rings. The van der Waals surface area contributed by atoms with Gasteiger partial charge in [0.2, 0.25) is 5.82 Å². The summed E-state index contributed by atoms with van der Waals surface area (Å²) in [6.45, 7) is 0.331. The number of phenols is 2. The molecule has 3 nitrogen and oxygen atoms in total. The van der Waals surface area contributed by atoms with Crippen molar-refractivity contribution >= 4 is 0 Å². The summed E-state index contributed by atoms with van der Waals surface area (Å²) in [7, 11) is 0. The highest BCUT2D eigenvalue weighted by Gasteiger charge is 2.10. The van der Waals surface area contributed by atoms with E-state index in [0.717, 1.165) is 0 Å². The van der Waals surface area contributed by atoms with Crippen LogP contribution in [-0.4, -0.2) is 16.8 Å². The number of hydrogen-bond acceptors (Lipinski definition) is 3. The molecule has 0 aromatic heterocycles. The second-order valence-electron chi connectivity index (χ2n) is 2.45. The minimum atomic E-state index is -0.985. The zero-order chi connectivity index (χ0) is 9.14. The molecule has 0 saturated carbocycles. The number of hydrogen-bond donors (Lipinski definition) is 3. The minimum Gasteiger partial charge on any atom is -0.505 e. The fourth-order valence-corrected chi connectivity index (χ4v) is 0.951. The highest BCUT2D eigenvalue weighted by atomic mass is 19.1. The predicted molar refractivity (Wildman–Crippen MR) is 42.5 cm³/mol. The van der Waals surface area contributed by atoms with Gasteiger partial charge in [0.1, 0.15) is 0 Å². The molecule has 66 valence electrons. The SMILES string of the molecule is NCCc1ccc(O)c(F)c1O. The van der Waals surface area contributed by atoms with E-state index in [-0.39, 0.29) is 0 Å². The summed E-state index contributed by atoms with van der Waals surface area (Å²) in [6.07, 6.45) is 0.392. The molecule has 0 atom stereocenters. The van der Waals surface area contributed by atoms with Crippen LogP contribution in [0.4, 0.5) is 4.39 Å². The smallest absolute Gasteiger partial charge is 0.206 e. The van der Waals surface area contributed by atoms with Crippen LogP contribution in [0.25, 0.3) is 0 Å². The van der Waals surface area contributed by atoms with E-state index in [1.54, 1.807) is 0 Å². The average Bonchev–Trinajstić information content (AvgIpc) is 2.07. The maximum atomic E-state index is 12.8. The van der Waals surface area contributed by atoms with Crippen molar-refractivity contribution in [3.05, 3.63) is 23.5 Å². The molecule has 0 aliphatic carbocycles. The second kappa shape index (κ2) is 3.40. The maximum Gasteiger partial charge on any atom is 0.206 e. The van der Waals surface area contributed by atoms with Gasteiger partial charge < -0.3 is 15.9 Å². The quantitative estimate of drug-likeness (QED) is 0.614. The first kappa shape index (κ1) is 8.80. The third-order valence-electron chi connectivity index (χ3n) is 1.59. The summed E-state index contributed by atoms with van der Waals surface area (Å²) < 4.78 is 12.8. The Morgan fingerprint density at radius 1 is 1.33 bits per heavy atom. The molecular formula is C8H10FNO2. The fourth-order valence-electron chi connectivity index (χ4n) is 0.951. The van der Waals surface area contributed by atoms with Crippen molar-refractivity contribution in [2.45, 2.75) is 6.42 Å². The van der Waals surface area contributed by atoms with Crippen molar-refractivity contribution in [2.75, 3.05) is 6.54 Å². The summed E-state index contributed by atoms with van der Waals surface area (Å²) >= 11 is 0. The van der Waals surface area contributed by atoms with Gasteiger partial charge in [0.25, 0.3) is 0 Å². The van der Waals surface area contributed by atoms with Gasteiger partial charge in [-0.15, -0.1) is 0 Å². The monoisotopic (exact) mass is 171 g/mol. The molecule has 0 fully saturated rings. The van der Waals surface area contributed by atoms with Crippen LogP contribution in [0.15, 0.2) is 12.1 Å². The first-order valence-corrected chi connectivity index (χ1v) is 3.56. The molecule has 1 aromatic carbocycles. The van der Waals surface area contributed by atoms with E-state index in [1.165, 1.54) is 12.1 Å². The molecule has 0 heterocycles. The Kier molecular flexibility index (Phi) is 2.50. The van der Waals surface area contributed by atoms with E-state index in [0.29, 0.717) is 18.5 Å². The molecule has 12 heavy (non-hydrogen) atoms. The maximum absolute atomic E-state index is 12.8. The number of phenolic OH excluding ortho intramolecular Hbond substituents is 2. The van der Waals surface area contributed by atoms with E-state index in [4.69, 9.17) is 15.9 Å². The topological polar surface area (TPSA) is 66.5 Å². The lowest BCUT2D eigenvalue weighted by molar-refractivity contribution is 0.385. The number of halogens is 1. The molecule has 4 N–H and O–H groups in total. The van der Waals surface area contributed by atoms with Crippen LogP contribution >= 0.6 is 0 Å². The normalized spacial score (nSPS) is 10.2. The predicted octanol–water partition coefficient (Wildman–Crippen LogP) is 0.738. The Labute approximate surface area is 69.3 Å². The molecule has 0 aliphatic rings. The van der Waals surface area contributed by atoms with Gasteiger partial charge in [0, 0.05) is 0 Å². The summed E-state index contributed by atoms with van der Waals surface area (Å²) in [6, 6.07) is 2.64. The zero-order valence-corrected chi connectivity index (χ0v) is 6.42. The first-order chi connectivity index (χ1) is 5.66. The highest BCUT2D eigenvalue weighted by molar-refractivity contribution is 5.41. The average molecular weight is 171 g/mol. The van der Waals surface area contributed by atoms with Crippen LogP contribution in [0.1, 0.15) is 5.56 Å². The minimum absolute atomic E-state index is 0.331. The van der Waals surface area contributed by atoms with Gasteiger partial charge in [-0.05, 0) is 24.6 Å². The Morgan fingerprint density at radius 2 is 2.00 bits per heavy atom. The summed E-state index contributed by atoms with van der Waals surface area (Å²) in [5, 5.41) is 17.9. The lowest BCUT2D eigenvalue weighted by atomic mass is 10.1. The van der Waals surface area contributed by atoms with Gasteiger partial charge >= 0.3 is 0 Å². The standard InChI is InChI=1S/C8H10FNO2/c9-7-6(11)2-1-5(3-4-10)8(7)12/h1-2,11-12H,3-4,10H2. The van der Waals surface area contributed by atoms with Crippen molar-refractivity contribution < 1.29 is 14.6 Å². The first-order valence-electron chi connectivity index (χ1n) is 3.56. The van der Waals surface area contributed by atoms with Gasteiger partial charge in [-0.3, -0.25) is 0 Å². The summed E-state index contributed by atoms with van der Waals surface area (Å²) in [4.78, 5) is 0. The number of rotatable bonds is 2. The van der Waals surface area contributed by atoms with Crippen LogP contribution in [0, 0.1) is 5.82 Å². The van der Waals surface area contributed by atoms with Crippen LogP contribution in [0.5, 0.6) is 11.5 Å².